The van der Waals surface area contributed by atoms with Crippen molar-refractivity contribution in [3.8, 4) is 17.6 Å². The van der Waals surface area contributed by atoms with Crippen molar-refractivity contribution in [3.63, 3.8) is 0 Å². The maximum Gasteiger partial charge on any atom is 0.337 e. The molecule has 0 aliphatic carbocycles. The molecule has 0 atom stereocenters. The van der Waals surface area contributed by atoms with Crippen molar-refractivity contribution >= 4 is 16.0 Å². The van der Waals surface area contributed by atoms with Gasteiger partial charge in [0.1, 0.15) is 12.4 Å². The molecular formula is C18H18N2O5S. The summed E-state index contributed by atoms with van der Waals surface area (Å²) in [6.45, 7) is 1.94. The Labute approximate surface area is 152 Å². The first-order valence-corrected chi connectivity index (χ1v) is 9.10. The Hall–Kier alpha value is -2.89. The number of nitrogens with zero attached hydrogens (tertiary/aromatic N) is 1. The summed E-state index contributed by atoms with van der Waals surface area (Å²) < 4.78 is 36.6. The quantitative estimate of drug-likeness (QED) is 0.609. The highest BCUT2D eigenvalue weighted by atomic mass is 32.2. The molecule has 1 aromatic carbocycles. The van der Waals surface area contributed by atoms with Crippen LogP contribution in [0.2, 0.25) is 0 Å². The van der Waals surface area contributed by atoms with E-state index in [1.165, 1.54) is 31.4 Å². The Kier molecular flexibility index (Phi) is 6.72. The van der Waals surface area contributed by atoms with Gasteiger partial charge in [0.2, 0.25) is 10.0 Å². The zero-order chi connectivity index (χ0) is 19.0. The monoisotopic (exact) mass is 374 g/mol. The van der Waals surface area contributed by atoms with E-state index >= 15 is 0 Å². The number of aryl methyl sites for hydroxylation is 1. The molecule has 0 bridgehead atoms. The lowest BCUT2D eigenvalue weighted by Crippen LogP contribution is -2.24. The van der Waals surface area contributed by atoms with E-state index in [0.717, 1.165) is 5.69 Å². The van der Waals surface area contributed by atoms with Crippen molar-refractivity contribution in [1.29, 1.82) is 0 Å². The zero-order valence-corrected chi connectivity index (χ0v) is 15.2. The summed E-state index contributed by atoms with van der Waals surface area (Å²) in [5.74, 6) is 5.45. The van der Waals surface area contributed by atoms with E-state index in [0.29, 0.717) is 5.75 Å². The fourth-order valence-corrected chi connectivity index (χ4v) is 2.80. The Bertz CT molecular complexity index is 911. The number of ether oxygens (including phenoxy) is 2. The van der Waals surface area contributed by atoms with Crippen LogP contribution >= 0.6 is 0 Å². The van der Waals surface area contributed by atoms with Crippen LogP contribution in [0.4, 0.5) is 0 Å². The van der Waals surface area contributed by atoms with Crippen molar-refractivity contribution in [2.75, 3.05) is 20.3 Å². The van der Waals surface area contributed by atoms with Crippen LogP contribution in [0, 0.1) is 18.8 Å². The molecule has 0 radical (unpaired) electrons. The van der Waals surface area contributed by atoms with Crippen molar-refractivity contribution in [3.05, 3.63) is 53.9 Å². The van der Waals surface area contributed by atoms with E-state index in [-0.39, 0.29) is 23.6 Å². The SMILES string of the molecule is COC(=O)c1ccc(S(=O)(=O)NCC#CCOc2ccc(C)nc2)cc1. The van der Waals surface area contributed by atoms with Crippen molar-refractivity contribution < 1.29 is 22.7 Å². The number of hydrogen-bond acceptors (Lipinski definition) is 6. The van der Waals surface area contributed by atoms with Gasteiger partial charge in [0, 0.05) is 5.69 Å². The average molecular weight is 374 g/mol. The molecule has 0 saturated heterocycles. The van der Waals surface area contributed by atoms with Gasteiger partial charge in [-0.05, 0) is 43.3 Å². The van der Waals surface area contributed by atoms with Gasteiger partial charge in [0.15, 0.2) is 0 Å². The second-order valence-electron chi connectivity index (χ2n) is 5.12. The Morgan fingerprint density at radius 3 is 2.50 bits per heavy atom. The lowest BCUT2D eigenvalue weighted by atomic mass is 10.2. The normalized spacial score (nSPS) is 10.5. The smallest absolute Gasteiger partial charge is 0.337 e. The molecule has 136 valence electrons. The van der Waals surface area contributed by atoms with Gasteiger partial charge in [-0.1, -0.05) is 11.8 Å². The van der Waals surface area contributed by atoms with Crippen LogP contribution in [-0.2, 0) is 14.8 Å². The van der Waals surface area contributed by atoms with Crippen LogP contribution in [0.15, 0.2) is 47.5 Å². The van der Waals surface area contributed by atoms with Gasteiger partial charge in [-0.25, -0.2) is 13.2 Å². The minimum atomic E-state index is -3.71. The number of methoxy groups -OCH3 is 1. The molecule has 8 heteroatoms. The predicted molar refractivity (Wildman–Crippen MR) is 95.2 cm³/mol. The summed E-state index contributed by atoms with van der Waals surface area (Å²) in [7, 11) is -2.45. The lowest BCUT2D eigenvalue weighted by Gasteiger charge is -2.05. The summed E-state index contributed by atoms with van der Waals surface area (Å²) in [6.07, 6.45) is 1.59. The third-order valence-corrected chi connectivity index (χ3v) is 4.67. The fourth-order valence-electron chi connectivity index (χ4n) is 1.88. The predicted octanol–water partition coefficient (Wildman–Crippen LogP) is 1.54. The number of sulfonamides is 1. The summed E-state index contributed by atoms with van der Waals surface area (Å²) in [5, 5.41) is 0. The molecular weight excluding hydrogens is 356 g/mol. The highest BCUT2D eigenvalue weighted by Crippen LogP contribution is 2.11. The van der Waals surface area contributed by atoms with Crippen molar-refractivity contribution in [2.24, 2.45) is 0 Å². The molecule has 1 aromatic heterocycles. The standard InChI is InChI=1S/C18H18N2O5S/c1-14-5-8-16(13-19-14)25-12-4-3-11-20-26(22,23)17-9-6-15(7-10-17)18(21)24-2/h5-10,13,20H,11-12H2,1-2H3. The number of carbonyl (C=O) groups excluding carboxylic acids is 1. The highest BCUT2D eigenvalue weighted by Gasteiger charge is 2.14. The number of carbonyl (C=O) groups is 1. The number of nitrogens with one attached hydrogen (secondary N) is 1. The Morgan fingerprint density at radius 1 is 1.15 bits per heavy atom. The largest absolute Gasteiger partial charge is 0.479 e. The van der Waals surface area contributed by atoms with E-state index in [1.54, 1.807) is 12.3 Å². The average Bonchev–Trinajstić information content (AvgIpc) is 2.65. The molecule has 2 rings (SSSR count). The topological polar surface area (TPSA) is 94.6 Å². The zero-order valence-electron chi connectivity index (χ0n) is 14.4. The van der Waals surface area contributed by atoms with Crippen LogP contribution in [-0.4, -0.2) is 39.6 Å². The van der Waals surface area contributed by atoms with E-state index in [4.69, 9.17) is 4.74 Å². The molecule has 1 heterocycles. The number of pyridine rings is 1. The molecule has 26 heavy (non-hydrogen) atoms. The van der Waals surface area contributed by atoms with Gasteiger partial charge in [-0.2, -0.15) is 4.72 Å². The molecule has 0 saturated carbocycles. The Balaban J connectivity index is 1.84. The van der Waals surface area contributed by atoms with Gasteiger partial charge in [-0.15, -0.1) is 0 Å². The minimum absolute atomic E-state index is 0.0360. The molecule has 0 amide bonds. The Morgan fingerprint density at radius 2 is 1.88 bits per heavy atom. The molecule has 1 N–H and O–H groups in total. The third-order valence-electron chi connectivity index (χ3n) is 3.26. The van der Waals surface area contributed by atoms with Gasteiger partial charge < -0.3 is 9.47 Å². The van der Waals surface area contributed by atoms with Crippen LogP contribution < -0.4 is 9.46 Å². The molecule has 0 aliphatic rings. The highest BCUT2D eigenvalue weighted by molar-refractivity contribution is 7.89. The number of esters is 1. The summed E-state index contributed by atoms with van der Waals surface area (Å²) >= 11 is 0. The second-order valence-corrected chi connectivity index (χ2v) is 6.88. The molecule has 0 spiro atoms. The first kappa shape index (κ1) is 19.4. The maximum atomic E-state index is 12.1. The van der Waals surface area contributed by atoms with E-state index < -0.39 is 16.0 Å². The van der Waals surface area contributed by atoms with Crippen LogP contribution in [0.25, 0.3) is 0 Å². The molecule has 7 nitrogen and oxygen atoms in total. The minimum Gasteiger partial charge on any atom is -0.479 e. The van der Waals surface area contributed by atoms with Crippen LogP contribution in [0.5, 0.6) is 5.75 Å². The van der Waals surface area contributed by atoms with Crippen LogP contribution in [0.1, 0.15) is 16.1 Å². The molecule has 0 fully saturated rings. The first-order valence-electron chi connectivity index (χ1n) is 7.61. The maximum absolute atomic E-state index is 12.1. The second kappa shape index (κ2) is 8.99. The molecule has 0 aliphatic heterocycles. The summed E-state index contributed by atoms with van der Waals surface area (Å²) in [4.78, 5) is 15.5. The van der Waals surface area contributed by atoms with Crippen molar-refractivity contribution in [2.45, 2.75) is 11.8 Å². The van der Waals surface area contributed by atoms with Gasteiger partial charge in [0.25, 0.3) is 0 Å². The first-order chi connectivity index (χ1) is 12.4. The fraction of sp³-hybridized carbons (Fsp3) is 0.222. The number of aromatic nitrogens is 1. The molecule has 2 aromatic rings. The van der Waals surface area contributed by atoms with Crippen LogP contribution in [0.3, 0.4) is 0 Å². The van der Waals surface area contributed by atoms with Gasteiger partial charge in [-0.3, -0.25) is 4.98 Å². The number of hydrogen-bond donors (Lipinski definition) is 1. The molecule has 0 unspecified atom stereocenters. The third kappa shape index (κ3) is 5.58. The summed E-state index contributed by atoms with van der Waals surface area (Å²) in [5.41, 5.74) is 1.16. The summed E-state index contributed by atoms with van der Waals surface area (Å²) in [6, 6.07) is 9.03. The lowest BCUT2D eigenvalue weighted by molar-refractivity contribution is 0.0600. The van der Waals surface area contributed by atoms with E-state index in [1.807, 2.05) is 13.0 Å². The number of benzene rings is 1. The van der Waals surface area contributed by atoms with Crippen molar-refractivity contribution in [1.82, 2.24) is 9.71 Å². The number of rotatable bonds is 6. The van der Waals surface area contributed by atoms with Gasteiger partial charge >= 0.3 is 5.97 Å². The van der Waals surface area contributed by atoms with E-state index in [9.17, 15) is 13.2 Å². The van der Waals surface area contributed by atoms with Gasteiger partial charge in [0.05, 0.1) is 30.3 Å². The van der Waals surface area contributed by atoms with E-state index in [2.05, 4.69) is 26.3 Å².